The lowest BCUT2D eigenvalue weighted by Gasteiger charge is -2.45. The number of carbonyl (C=O) groups excluding carboxylic acids is 2. The zero-order valence-electron chi connectivity index (χ0n) is 26.9. The van der Waals surface area contributed by atoms with Crippen LogP contribution in [0.5, 0.6) is 5.75 Å². The number of methoxy groups -OCH3 is 1. The van der Waals surface area contributed by atoms with Gasteiger partial charge in [-0.3, -0.25) is 14.5 Å². The summed E-state index contributed by atoms with van der Waals surface area (Å²) >= 11 is 0. The molecular weight excluding hydrogens is 600 g/mol. The summed E-state index contributed by atoms with van der Waals surface area (Å²) < 4.78 is 34.1. The average Bonchev–Trinajstić information content (AvgIpc) is 3.73. The van der Waals surface area contributed by atoms with Crippen LogP contribution < -0.4 is 9.46 Å². The molecule has 5 aliphatic rings. The molecule has 2 saturated heterocycles. The summed E-state index contributed by atoms with van der Waals surface area (Å²) in [5.74, 6) is 0.861. The van der Waals surface area contributed by atoms with Crippen LogP contribution in [0, 0.1) is 5.41 Å². The molecule has 2 amide bonds. The Morgan fingerprint density at radius 1 is 0.957 bits per heavy atom. The number of aromatic nitrogens is 1. The molecule has 1 aromatic heterocycles. The fraction of sp³-hybridized carbons (Fsp3) is 0.556. The van der Waals surface area contributed by atoms with Crippen LogP contribution in [0.4, 0.5) is 0 Å². The number of benzene rings is 2. The van der Waals surface area contributed by atoms with Gasteiger partial charge in [0, 0.05) is 60.2 Å². The Bertz CT molecular complexity index is 1840. The van der Waals surface area contributed by atoms with Gasteiger partial charge in [-0.1, -0.05) is 31.7 Å². The van der Waals surface area contributed by atoms with Crippen LogP contribution in [-0.2, 0) is 21.4 Å². The topological polar surface area (TPSA) is 101 Å². The zero-order chi connectivity index (χ0) is 31.8. The first-order valence-electron chi connectivity index (χ1n) is 17.1. The maximum absolute atomic E-state index is 14.8. The largest absolute Gasteiger partial charge is 0.497 e. The molecule has 4 fully saturated rings. The van der Waals surface area contributed by atoms with Crippen molar-refractivity contribution >= 4 is 32.7 Å². The van der Waals surface area contributed by atoms with Gasteiger partial charge in [-0.15, -0.1) is 0 Å². The lowest BCUT2D eigenvalue weighted by Crippen LogP contribution is -2.57. The Morgan fingerprint density at radius 2 is 1.76 bits per heavy atom. The number of piperidine rings is 1. The smallest absolute Gasteiger partial charge is 0.264 e. The SMILES string of the molecule is COc1ccc2c(c1)C1CC1(C(=O)N1CCN3CCCCC3C1)Cn1c-2c(C2CCCCC2)c2ccc(C(=O)NS(C)(=O)=O)cc21. The van der Waals surface area contributed by atoms with Gasteiger partial charge in [-0.25, -0.2) is 13.1 Å². The molecule has 4 heterocycles. The van der Waals surface area contributed by atoms with E-state index < -0.39 is 21.3 Å². The van der Waals surface area contributed by atoms with Gasteiger partial charge in [0.25, 0.3) is 5.91 Å². The van der Waals surface area contributed by atoms with E-state index in [1.807, 2.05) is 18.2 Å². The summed E-state index contributed by atoms with van der Waals surface area (Å²) in [7, 11) is -2.03. The highest BCUT2D eigenvalue weighted by molar-refractivity contribution is 7.89. The number of hydrogen-bond acceptors (Lipinski definition) is 6. The third-order valence-corrected chi connectivity index (χ3v) is 12.2. The van der Waals surface area contributed by atoms with Crippen molar-refractivity contribution in [1.29, 1.82) is 0 Å². The van der Waals surface area contributed by atoms with Crippen LogP contribution in [0.1, 0.15) is 91.1 Å². The van der Waals surface area contributed by atoms with Gasteiger partial charge in [0.1, 0.15) is 5.75 Å². The monoisotopic (exact) mass is 644 g/mol. The first-order chi connectivity index (χ1) is 22.2. The Labute approximate surface area is 271 Å². The number of piperazine rings is 1. The van der Waals surface area contributed by atoms with E-state index >= 15 is 0 Å². The Kier molecular flexibility index (Phi) is 7.25. The molecule has 46 heavy (non-hydrogen) atoms. The number of carbonyl (C=O) groups is 2. The highest BCUT2D eigenvalue weighted by atomic mass is 32.2. The fourth-order valence-electron chi connectivity index (χ4n) is 9.30. The van der Waals surface area contributed by atoms with Crippen LogP contribution >= 0.6 is 0 Å². The van der Waals surface area contributed by atoms with E-state index in [0.717, 1.165) is 86.0 Å². The molecule has 244 valence electrons. The first-order valence-corrected chi connectivity index (χ1v) is 19.0. The molecule has 3 aliphatic heterocycles. The standard InChI is InChI=1S/C36H44N4O5S/c1-45-26-12-14-27-29(19-26)30-20-36(30,35(42)39-17-16-38-15-7-6-10-25(38)21-39)22-40-31-18-24(34(41)37-46(2,43)44)11-13-28(31)32(33(27)40)23-8-4-3-5-9-23/h11-14,18-19,23,25,30H,3-10,15-17,20-22H2,1-2H3,(H,37,41). The van der Waals surface area contributed by atoms with Gasteiger partial charge in [0.05, 0.1) is 24.5 Å². The molecule has 3 atom stereocenters. The predicted octanol–water partition coefficient (Wildman–Crippen LogP) is 5.24. The quantitative estimate of drug-likeness (QED) is 0.408. The van der Waals surface area contributed by atoms with Gasteiger partial charge < -0.3 is 14.2 Å². The van der Waals surface area contributed by atoms with Crippen LogP contribution in [-0.4, -0.2) is 80.2 Å². The summed E-state index contributed by atoms with van der Waals surface area (Å²) in [6.07, 6.45) is 11.2. The van der Waals surface area contributed by atoms with E-state index in [-0.39, 0.29) is 11.8 Å². The third kappa shape index (κ3) is 4.94. The van der Waals surface area contributed by atoms with Crippen LogP contribution in [0.25, 0.3) is 22.2 Å². The molecule has 8 rings (SSSR count). The third-order valence-electron chi connectivity index (χ3n) is 11.6. The van der Waals surface area contributed by atoms with Crippen molar-refractivity contribution in [2.24, 2.45) is 5.41 Å². The predicted molar refractivity (Wildman–Crippen MR) is 178 cm³/mol. The maximum Gasteiger partial charge on any atom is 0.264 e. The van der Waals surface area contributed by atoms with Gasteiger partial charge in [0.2, 0.25) is 15.9 Å². The number of sulfonamides is 1. The number of rotatable bonds is 5. The van der Waals surface area contributed by atoms with E-state index in [1.54, 1.807) is 13.2 Å². The summed E-state index contributed by atoms with van der Waals surface area (Å²) in [6, 6.07) is 12.4. The average molecular weight is 645 g/mol. The first kappa shape index (κ1) is 30.0. The van der Waals surface area contributed by atoms with Crippen molar-refractivity contribution in [2.45, 2.75) is 82.2 Å². The van der Waals surface area contributed by atoms with Crippen molar-refractivity contribution in [2.75, 3.05) is 39.5 Å². The number of nitrogens with zero attached hydrogens (tertiary/aromatic N) is 3. The molecule has 2 aliphatic carbocycles. The number of fused-ring (bicyclic) bond motifs is 8. The number of nitrogens with one attached hydrogen (secondary N) is 1. The number of amides is 2. The zero-order valence-corrected chi connectivity index (χ0v) is 27.7. The molecule has 10 heteroatoms. The summed E-state index contributed by atoms with van der Waals surface area (Å²) in [6.45, 7) is 4.15. The number of hydrogen-bond donors (Lipinski definition) is 1. The normalized spacial score (nSPS) is 26.3. The van der Waals surface area contributed by atoms with Crippen LogP contribution in [0.2, 0.25) is 0 Å². The van der Waals surface area contributed by atoms with Gasteiger partial charge >= 0.3 is 0 Å². The van der Waals surface area contributed by atoms with Crippen molar-refractivity contribution in [3.63, 3.8) is 0 Å². The van der Waals surface area contributed by atoms with E-state index in [9.17, 15) is 18.0 Å². The maximum atomic E-state index is 14.8. The van der Waals surface area contributed by atoms with Crippen molar-refractivity contribution in [3.8, 4) is 17.0 Å². The van der Waals surface area contributed by atoms with Crippen molar-refractivity contribution in [1.82, 2.24) is 19.1 Å². The van der Waals surface area contributed by atoms with E-state index in [0.29, 0.717) is 24.1 Å². The minimum Gasteiger partial charge on any atom is -0.497 e. The minimum atomic E-state index is -3.72. The second-order valence-electron chi connectivity index (χ2n) is 14.4. The van der Waals surface area contributed by atoms with E-state index in [2.05, 4.69) is 31.2 Å². The Hall–Kier alpha value is -3.37. The molecule has 0 spiro atoms. The lowest BCUT2D eigenvalue weighted by atomic mass is 9.81. The number of ether oxygens (including phenoxy) is 1. The van der Waals surface area contributed by atoms with Crippen LogP contribution in [0.3, 0.4) is 0 Å². The Balaban J connectivity index is 1.30. The fourth-order valence-corrected chi connectivity index (χ4v) is 9.76. The molecule has 1 N–H and O–H groups in total. The van der Waals surface area contributed by atoms with Gasteiger partial charge in [0.15, 0.2) is 0 Å². The minimum absolute atomic E-state index is 0.0837. The van der Waals surface area contributed by atoms with Crippen molar-refractivity contribution < 1.29 is 22.7 Å². The molecule has 3 aromatic rings. The summed E-state index contributed by atoms with van der Waals surface area (Å²) in [5.41, 5.74) is 5.40. The van der Waals surface area contributed by atoms with Gasteiger partial charge in [-0.2, -0.15) is 0 Å². The molecule has 2 aromatic carbocycles. The molecule has 0 bridgehead atoms. The second kappa shape index (κ2) is 11.1. The van der Waals surface area contributed by atoms with Crippen LogP contribution in [0.15, 0.2) is 36.4 Å². The van der Waals surface area contributed by atoms with Gasteiger partial charge in [-0.05, 0) is 86.0 Å². The molecule has 2 saturated carbocycles. The molecule has 9 nitrogen and oxygen atoms in total. The summed E-state index contributed by atoms with van der Waals surface area (Å²) in [4.78, 5) is 32.6. The second-order valence-corrected chi connectivity index (χ2v) is 16.2. The van der Waals surface area contributed by atoms with E-state index in [1.165, 1.54) is 43.2 Å². The molecular formula is C36H44N4O5S. The van der Waals surface area contributed by atoms with Crippen molar-refractivity contribution in [3.05, 3.63) is 53.1 Å². The highest BCUT2D eigenvalue weighted by Gasteiger charge is 2.64. The van der Waals surface area contributed by atoms with E-state index in [4.69, 9.17) is 4.74 Å². The highest BCUT2D eigenvalue weighted by Crippen LogP contribution is 2.66. The Morgan fingerprint density at radius 3 is 2.54 bits per heavy atom. The summed E-state index contributed by atoms with van der Waals surface area (Å²) in [5, 5.41) is 1.09. The molecule has 0 radical (unpaired) electrons. The molecule has 3 unspecified atom stereocenters. The lowest BCUT2D eigenvalue weighted by molar-refractivity contribution is -0.141.